The van der Waals surface area contributed by atoms with E-state index in [4.69, 9.17) is 4.74 Å². The van der Waals surface area contributed by atoms with Crippen molar-refractivity contribution >= 4 is 34.6 Å². The Morgan fingerprint density at radius 1 is 1.08 bits per heavy atom. The minimum Gasteiger partial charge on any atom is -0.497 e. The Hall–Kier alpha value is -3.90. The first-order valence-corrected chi connectivity index (χ1v) is 12.6. The number of hydrogen-bond donors (Lipinski definition) is 2. The number of rotatable bonds is 5. The van der Waals surface area contributed by atoms with E-state index in [1.165, 1.54) is 16.7 Å². The van der Waals surface area contributed by atoms with Crippen molar-refractivity contribution in [2.75, 3.05) is 19.0 Å². The molecule has 4 aromatic rings. The summed E-state index contributed by atoms with van der Waals surface area (Å²) < 4.78 is 5.42. The molecule has 3 heterocycles. The predicted molar refractivity (Wildman–Crippen MR) is 142 cm³/mol. The van der Waals surface area contributed by atoms with Gasteiger partial charge in [0.1, 0.15) is 5.75 Å². The Morgan fingerprint density at radius 2 is 1.97 bits per heavy atom. The van der Waals surface area contributed by atoms with Crippen molar-refractivity contribution in [1.82, 2.24) is 15.1 Å². The number of fused-ring (bicyclic) bond motifs is 4. The quantitative estimate of drug-likeness (QED) is 0.402. The summed E-state index contributed by atoms with van der Waals surface area (Å²) in [5, 5.41) is 11.9. The number of H-pyrrole nitrogens is 1. The van der Waals surface area contributed by atoms with E-state index in [9.17, 15) is 4.79 Å². The van der Waals surface area contributed by atoms with Crippen LogP contribution in [0.15, 0.2) is 54.6 Å². The molecule has 1 saturated carbocycles. The van der Waals surface area contributed by atoms with Gasteiger partial charge in [0.2, 0.25) is 5.91 Å². The van der Waals surface area contributed by atoms with Crippen LogP contribution in [-0.4, -0.2) is 34.7 Å². The molecule has 3 aromatic carbocycles. The lowest BCUT2D eigenvalue weighted by atomic mass is 9.91. The predicted octanol–water partition coefficient (Wildman–Crippen LogP) is 5.45. The maximum absolute atomic E-state index is 13.0. The molecule has 36 heavy (non-hydrogen) atoms. The van der Waals surface area contributed by atoms with E-state index in [1.807, 2.05) is 18.2 Å². The molecule has 2 N–H and O–H groups in total. The molecule has 0 saturated heterocycles. The summed E-state index contributed by atoms with van der Waals surface area (Å²) in [4.78, 5) is 15.5. The van der Waals surface area contributed by atoms with E-state index >= 15 is 0 Å². The van der Waals surface area contributed by atoms with E-state index in [0.29, 0.717) is 0 Å². The highest BCUT2D eigenvalue weighted by atomic mass is 16.5. The van der Waals surface area contributed by atoms with Crippen molar-refractivity contribution < 1.29 is 9.53 Å². The molecule has 2 atom stereocenters. The maximum Gasteiger partial charge on any atom is 0.235 e. The van der Waals surface area contributed by atoms with Crippen LogP contribution in [0.3, 0.4) is 0 Å². The first-order chi connectivity index (χ1) is 17.6. The second kappa shape index (κ2) is 7.80. The third-order valence-corrected chi connectivity index (χ3v) is 8.24. The van der Waals surface area contributed by atoms with E-state index in [2.05, 4.69) is 75.9 Å². The lowest BCUT2D eigenvalue weighted by molar-refractivity contribution is -0.118. The average molecular weight is 477 g/mol. The van der Waals surface area contributed by atoms with Gasteiger partial charge in [-0.25, -0.2) is 0 Å². The minimum absolute atomic E-state index is 0.0838. The SMILES string of the molecule is CCN1Cc2ccc(/C=C/c3n[nH]c4cc([C@@H]5CC56C(=O)Nc5ccc(OC)cc56)ccc34)cc2C1. The molecule has 1 spiro atoms. The van der Waals surface area contributed by atoms with Gasteiger partial charge < -0.3 is 10.1 Å². The first-order valence-electron chi connectivity index (χ1n) is 12.6. The van der Waals surface area contributed by atoms with Gasteiger partial charge in [-0.05, 0) is 71.1 Å². The maximum atomic E-state index is 13.0. The van der Waals surface area contributed by atoms with Crippen LogP contribution in [0.1, 0.15) is 52.8 Å². The summed E-state index contributed by atoms with van der Waals surface area (Å²) >= 11 is 0. The van der Waals surface area contributed by atoms with Gasteiger partial charge in [-0.3, -0.25) is 14.8 Å². The Bertz CT molecular complexity index is 1570. The molecular formula is C30H28N4O2. The zero-order valence-electron chi connectivity index (χ0n) is 20.5. The summed E-state index contributed by atoms with van der Waals surface area (Å²) in [5.41, 5.74) is 8.56. The van der Waals surface area contributed by atoms with E-state index < -0.39 is 5.41 Å². The van der Waals surface area contributed by atoms with Crippen LogP contribution in [-0.2, 0) is 23.3 Å². The molecule has 3 aliphatic rings. The van der Waals surface area contributed by atoms with Gasteiger partial charge in [-0.15, -0.1) is 0 Å². The van der Waals surface area contributed by atoms with Crippen molar-refractivity contribution in [2.24, 2.45) is 0 Å². The number of aromatic nitrogens is 2. The number of carbonyl (C=O) groups excluding carboxylic acids is 1. The van der Waals surface area contributed by atoms with Crippen molar-refractivity contribution in [3.8, 4) is 5.75 Å². The lowest BCUT2D eigenvalue weighted by Gasteiger charge is -2.10. The monoisotopic (exact) mass is 476 g/mol. The molecule has 0 radical (unpaired) electrons. The Labute approximate surface area is 210 Å². The van der Waals surface area contributed by atoms with Crippen LogP contribution in [0, 0.1) is 0 Å². The van der Waals surface area contributed by atoms with Crippen LogP contribution in [0.25, 0.3) is 23.1 Å². The van der Waals surface area contributed by atoms with E-state index in [0.717, 1.165) is 65.2 Å². The third kappa shape index (κ3) is 3.14. The summed E-state index contributed by atoms with van der Waals surface area (Å²) in [7, 11) is 1.66. The molecule has 180 valence electrons. The molecule has 1 aromatic heterocycles. The van der Waals surface area contributed by atoms with Gasteiger partial charge in [-0.2, -0.15) is 5.10 Å². The standard InChI is InChI=1S/C30H28N4O2/c1-3-34-16-20-6-4-18(12-21(20)17-34)5-10-26-23-9-7-19(13-28(23)33-32-26)25-15-30(25)24-14-22(36-2)8-11-27(24)31-29(30)35/h4-14,25H,3,15-17H2,1-2H3,(H,31,35)(H,32,33)/b10-5+/t25-,30?/m0/s1. The van der Waals surface area contributed by atoms with Gasteiger partial charge in [-0.1, -0.05) is 43.3 Å². The van der Waals surface area contributed by atoms with Crippen LogP contribution in [0.2, 0.25) is 0 Å². The number of ether oxygens (including phenoxy) is 1. The number of hydrogen-bond acceptors (Lipinski definition) is 4. The molecule has 0 bridgehead atoms. The van der Waals surface area contributed by atoms with Crippen LogP contribution in [0.4, 0.5) is 5.69 Å². The topological polar surface area (TPSA) is 70.2 Å². The number of anilines is 1. The molecule has 7 rings (SSSR count). The molecule has 1 unspecified atom stereocenters. The highest BCUT2D eigenvalue weighted by Crippen LogP contribution is 2.65. The number of nitrogens with one attached hydrogen (secondary N) is 2. The van der Waals surface area contributed by atoms with E-state index in [1.54, 1.807) is 7.11 Å². The zero-order valence-corrected chi connectivity index (χ0v) is 20.5. The summed E-state index contributed by atoms with van der Waals surface area (Å²) in [5.74, 6) is 1.01. The van der Waals surface area contributed by atoms with Gasteiger partial charge in [0.25, 0.3) is 0 Å². The summed E-state index contributed by atoms with van der Waals surface area (Å²) in [6.07, 6.45) is 5.03. The van der Waals surface area contributed by atoms with Crippen molar-refractivity contribution in [2.45, 2.75) is 37.8 Å². The number of nitrogens with zero attached hydrogens (tertiary/aromatic N) is 2. The molecule has 1 amide bonds. The second-order valence-electron chi connectivity index (χ2n) is 10.2. The number of amides is 1. The van der Waals surface area contributed by atoms with Crippen LogP contribution in [0.5, 0.6) is 5.75 Å². The molecule has 6 nitrogen and oxygen atoms in total. The summed E-state index contributed by atoms with van der Waals surface area (Å²) in [6.45, 7) is 5.36. The number of methoxy groups -OCH3 is 1. The fourth-order valence-corrected chi connectivity index (χ4v) is 6.09. The highest BCUT2D eigenvalue weighted by molar-refractivity contribution is 6.10. The normalized spacial score (nSPS) is 22.4. The molecule has 1 fully saturated rings. The second-order valence-corrected chi connectivity index (χ2v) is 10.2. The lowest BCUT2D eigenvalue weighted by Crippen LogP contribution is -2.21. The fraction of sp³-hybridized carbons (Fsp3) is 0.267. The first kappa shape index (κ1) is 21.4. The zero-order chi connectivity index (χ0) is 24.4. The molecular weight excluding hydrogens is 448 g/mol. The van der Waals surface area contributed by atoms with Gasteiger partial charge in [0.15, 0.2) is 0 Å². The average Bonchev–Trinajstić information content (AvgIpc) is 3.18. The van der Waals surface area contributed by atoms with E-state index in [-0.39, 0.29) is 11.8 Å². The Morgan fingerprint density at radius 3 is 2.83 bits per heavy atom. The largest absolute Gasteiger partial charge is 0.497 e. The van der Waals surface area contributed by atoms with Crippen molar-refractivity contribution in [3.63, 3.8) is 0 Å². The summed E-state index contributed by atoms with van der Waals surface area (Å²) in [6, 6.07) is 19.0. The van der Waals surface area contributed by atoms with Gasteiger partial charge in [0.05, 0.1) is 23.7 Å². The number of aromatic amines is 1. The number of benzene rings is 3. The third-order valence-electron chi connectivity index (χ3n) is 8.24. The minimum atomic E-state index is -0.499. The Kier molecular flexibility index (Phi) is 4.63. The smallest absolute Gasteiger partial charge is 0.235 e. The van der Waals surface area contributed by atoms with Crippen molar-refractivity contribution in [3.05, 3.63) is 88.1 Å². The fourth-order valence-electron chi connectivity index (χ4n) is 6.09. The van der Waals surface area contributed by atoms with Gasteiger partial charge >= 0.3 is 0 Å². The molecule has 1 aliphatic carbocycles. The Balaban J connectivity index is 1.15. The van der Waals surface area contributed by atoms with Crippen molar-refractivity contribution in [1.29, 1.82) is 0 Å². The molecule has 6 heteroatoms. The highest BCUT2D eigenvalue weighted by Gasteiger charge is 2.65. The molecule has 2 aliphatic heterocycles. The van der Waals surface area contributed by atoms with Crippen LogP contribution < -0.4 is 10.1 Å². The van der Waals surface area contributed by atoms with Crippen LogP contribution >= 0.6 is 0 Å². The number of carbonyl (C=O) groups is 1. The van der Waals surface area contributed by atoms with Gasteiger partial charge in [0, 0.05) is 30.1 Å².